The fourth-order valence-corrected chi connectivity index (χ4v) is 3.42. The quantitative estimate of drug-likeness (QED) is 0.861. The lowest BCUT2D eigenvalue weighted by molar-refractivity contribution is 0.893. The van der Waals surface area contributed by atoms with E-state index >= 15 is 0 Å². The van der Waals surface area contributed by atoms with E-state index in [4.69, 9.17) is 17.3 Å². The van der Waals surface area contributed by atoms with E-state index < -0.39 is 0 Å². The maximum Gasteiger partial charge on any atom is 0.0660 e. The van der Waals surface area contributed by atoms with Crippen molar-refractivity contribution < 1.29 is 0 Å². The van der Waals surface area contributed by atoms with Crippen LogP contribution < -0.4 is 5.73 Å². The fourth-order valence-electron chi connectivity index (χ4n) is 1.66. The minimum absolute atomic E-state index is 0.138. The molecule has 1 atom stereocenters. The number of nitrogens with two attached hydrogens (primary N) is 1. The van der Waals surface area contributed by atoms with Crippen molar-refractivity contribution in [2.24, 2.45) is 5.73 Å². The molecule has 1 heterocycles. The van der Waals surface area contributed by atoms with Gasteiger partial charge in [-0.15, -0.1) is 11.3 Å². The zero-order valence-electron chi connectivity index (χ0n) is 9.41. The molecule has 2 aromatic rings. The SMILES string of the molecule is CCc1ccc(C(N)c2ccc(Br)cc2Cl)s1. The highest BCUT2D eigenvalue weighted by molar-refractivity contribution is 9.10. The lowest BCUT2D eigenvalue weighted by Gasteiger charge is -2.12. The van der Waals surface area contributed by atoms with Crippen LogP contribution in [0, 0.1) is 0 Å². The van der Waals surface area contributed by atoms with Crippen LogP contribution in [-0.4, -0.2) is 0 Å². The molecule has 0 amide bonds. The third kappa shape index (κ3) is 2.91. The van der Waals surface area contributed by atoms with Crippen LogP contribution in [0.1, 0.15) is 28.3 Å². The first kappa shape index (κ1) is 13.1. The van der Waals surface area contributed by atoms with Crippen molar-refractivity contribution in [2.75, 3.05) is 0 Å². The van der Waals surface area contributed by atoms with E-state index in [1.807, 2.05) is 18.2 Å². The number of hydrogen-bond donors (Lipinski definition) is 1. The third-order valence-corrected chi connectivity index (χ3v) is 4.77. The maximum atomic E-state index is 6.25. The van der Waals surface area contributed by atoms with Crippen molar-refractivity contribution >= 4 is 38.9 Å². The molecule has 0 saturated heterocycles. The molecule has 0 aliphatic heterocycles. The van der Waals surface area contributed by atoms with Gasteiger partial charge < -0.3 is 5.73 Å². The maximum absolute atomic E-state index is 6.25. The van der Waals surface area contributed by atoms with E-state index in [0.717, 1.165) is 21.3 Å². The summed E-state index contributed by atoms with van der Waals surface area (Å²) in [5, 5.41) is 0.707. The van der Waals surface area contributed by atoms with Crippen molar-refractivity contribution in [2.45, 2.75) is 19.4 Å². The summed E-state index contributed by atoms with van der Waals surface area (Å²) in [7, 11) is 0. The molecule has 0 aliphatic carbocycles. The largest absolute Gasteiger partial charge is 0.320 e. The van der Waals surface area contributed by atoms with Gasteiger partial charge in [-0.05, 0) is 36.2 Å². The van der Waals surface area contributed by atoms with Gasteiger partial charge in [-0.25, -0.2) is 0 Å². The Balaban J connectivity index is 2.33. The van der Waals surface area contributed by atoms with Gasteiger partial charge in [0.25, 0.3) is 0 Å². The van der Waals surface area contributed by atoms with Gasteiger partial charge in [-0.1, -0.05) is 40.5 Å². The monoisotopic (exact) mass is 329 g/mol. The Morgan fingerprint density at radius 2 is 2.12 bits per heavy atom. The fraction of sp³-hybridized carbons (Fsp3) is 0.231. The van der Waals surface area contributed by atoms with Crippen molar-refractivity contribution in [1.29, 1.82) is 0 Å². The highest BCUT2D eigenvalue weighted by atomic mass is 79.9. The highest BCUT2D eigenvalue weighted by Gasteiger charge is 2.14. The van der Waals surface area contributed by atoms with Crippen molar-refractivity contribution in [3.63, 3.8) is 0 Å². The van der Waals surface area contributed by atoms with Gasteiger partial charge in [0.1, 0.15) is 0 Å². The van der Waals surface area contributed by atoms with E-state index in [0.29, 0.717) is 5.02 Å². The topological polar surface area (TPSA) is 26.0 Å². The summed E-state index contributed by atoms with van der Waals surface area (Å²) in [5.41, 5.74) is 7.22. The molecule has 0 spiro atoms. The second kappa shape index (κ2) is 5.53. The number of thiophene rings is 1. The number of benzene rings is 1. The van der Waals surface area contributed by atoms with Crippen LogP contribution in [0.25, 0.3) is 0 Å². The first-order valence-electron chi connectivity index (χ1n) is 5.41. The molecule has 0 fully saturated rings. The number of halogens is 2. The first-order valence-corrected chi connectivity index (χ1v) is 7.39. The van der Waals surface area contributed by atoms with Crippen molar-refractivity contribution in [3.05, 3.63) is 55.1 Å². The normalized spacial score (nSPS) is 12.7. The number of rotatable bonds is 3. The van der Waals surface area contributed by atoms with E-state index in [9.17, 15) is 0 Å². The molecule has 0 aliphatic rings. The lowest BCUT2D eigenvalue weighted by atomic mass is 10.1. The van der Waals surface area contributed by atoms with Gasteiger partial charge in [-0.3, -0.25) is 0 Å². The summed E-state index contributed by atoms with van der Waals surface area (Å²) < 4.78 is 0.971. The Hall–Kier alpha value is -0.350. The Morgan fingerprint density at radius 1 is 1.35 bits per heavy atom. The van der Waals surface area contributed by atoms with E-state index in [-0.39, 0.29) is 6.04 Å². The van der Waals surface area contributed by atoms with Gasteiger partial charge in [-0.2, -0.15) is 0 Å². The zero-order chi connectivity index (χ0) is 12.4. The number of aryl methyl sites for hydroxylation is 1. The molecule has 1 aromatic heterocycles. The first-order chi connectivity index (χ1) is 8.11. The van der Waals surface area contributed by atoms with Gasteiger partial charge in [0, 0.05) is 19.2 Å². The van der Waals surface area contributed by atoms with Gasteiger partial charge >= 0.3 is 0 Å². The molecular formula is C13H13BrClNS. The molecule has 1 unspecified atom stereocenters. The zero-order valence-corrected chi connectivity index (χ0v) is 12.6. The molecule has 4 heteroatoms. The minimum Gasteiger partial charge on any atom is -0.320 e. The molecule has 1 nitrogen and oxygen atoms in total. The van der Waals surface area contributed by atoms with Crippen molar-refractivity contribution in [1.82, 2.24) is 0 Å². The molecule has 2 rings (SSSR count). The molecule has 0 saturated carbocycles. The van der Waals surface area contributed by atoms with Crippen LogP contribution in [0.4, 0.5) is 0 Å². The van der Waals surface area contributed by atoms with Gasteiger partial charge in [0.05, 0.1) is 6.04 Å². The Bertz CT molecular complexity index is 524. The summed E-state index contributed by atoms with van der Waals surface area (Å²) in [5.74, 6) is 0. The van der Waals surface area contributed by atoms with Crippen molar-refractivity contribution in [3.8, 4) is 0 Å². The summed E-state index contributed by atoms with van der Waals surface area (Å²) in [6.45, 7) is 2.15. The average molecular weight is 331 g/mol. The van der Waals surface area contributed by atoms with Crippen LogP contribution in [-0.2, 0) is 6.42 Å². The summed E-state index contributed by atoms with van der Waals surface area (Å²) in [4.78, 5) is 2.51. The van der Waals surface area contributed by atoms with Crippen LogP contribution in [0.3, 0.4) is 0 Å². The molecule has 90 valence electrons. The Labute approximate surface area is 119 Å². The van der Waals surface area contributed by atoms with Crippen LogP contribution in [0.15, 0.2) is 34.8 Å². The predicted molar refractivity (Wildman–Crippen MR) is 78.9 cm³/mol. The molecule has 2 N–H and O–H groups in total. The lowest BCUT2D eigenvalue weighted by Crippen LogP contribution is -2.10. The molecule has 1 aromatic carbocycles. The molecule has 17 heavy (non-hydrogen) atoms. The summed E-state index contributed by atoms with van der Waals surface area (Å²) >= 11 is 11.4. The minimum atomic E-state index is -0.138. The van der Waals surface area contributed by atoms with E-state index in [1.165, 1.54) is 4.88 Å². The summed E-state index contributed by atoms with van der Waals surface area (Å²) in [6.07, 6.45) is 1.05. The second-order valence-corrected chi connectivity index (χ2v) is 6.32. The molecular weight excluding hydrogens is 318 g/mol. The molecule has 0 radical (unpaired) electrons. The van der Waals surface area contributed by atoms with Gasteiger partial charge in [0.15, 0.2) is 0 Å². The van der Waals surface area contributed by atoms with Crippen LogP contribution >= 0.6 is 38.9 Å². The standard InChI is InChI=1S/C13H13BrClNS/c1-2-9-4-6-12(17-9)13(16)10-5-3-8(14)7-11(10)15/h3-7,13H,2,16H2,1H3. The number of hydrogen-bond acceptors (Lipinski definition) is 2. The molecule has 0 bridgehead atoms. The van der Waals surface area contributed by atoms with Gasteiger partial charge in [0.2, 0.25) is 0 Å². The van der Waals surface area contributed by atoms with E-state index in [2.05, 4.69) is 35.0 Å². The van der Waals surface area contributed by atoms with Crippen LogP contribution in [0.2, 0.25) is 5.02 Å². The van der Waals surface area contributed by atoms with E-state index in [1.54, 1.807) is 11.3 Å². The highest BCUT2D eigenvalue weighted by Crippen LogP contribution is 2.32. The van der Waals surface area contributed by atoms with Crippen LogP contribution in [0.5, 0.6) is 0 Å². The average Bonchev–Trinajstić information content (AvgIpc) is 2.76. The smallest absolute Gasteiger partial charge is 0.0660 e. The summed E-state index contributed by atoms with van der Waals surface area (Å²) in [6, 6.07) is 9.91. The second-order valence-electron chi connectivity index (χ2n) is 3.80. The third-order valence-electron chi connectivity index (χ3n) is 2.63. The Kier molecular flexibility index (Phi) is 4.26. The Morgan fingerprint density at radius 3 is 2.71 bits per heavy atom. The predicted octanol–water partition coefficient (Wildman–Crippen LogP) is 4.77.